The quantitative estimate of drug-likeness (QED) is 0.877. The molecule has 1 heterocycles. The molecule has 0 unspecified atom stereocenters. The van der Waals surface area contributed by atoms with Gasteiger partial charge in [-0.15, -0.1) is 0 Å². The van der Waals surface area contributed by atoms with Crippen molar-refractivity contribution in [2.24, 2.45) is 0 Å². The number of aromatic nitrogens is 2. The molecule has 0 fully saturated rings. The molecule has 0 aliphatic heterocycles. The number of hydrogen-bond acceptors (Lipinski definition) is 3. The smallest absolute Gasteiger partial charge is 0.419 e. The van der Waals surface area contributed by atoms with Gasteiger partial charge in [-0.25, -0.2) is 9.07 Å². The minimum atomic E-state index is -4.91. The summed E-state index contributed by atoms with van der Waals surface area (Å²) >= 11 is 0. The fourth-order valence-corrected chi connectivity index (χ4v) is 2.23. The van der Waals surface area contributed by atoms with Crippen LogP contribution in [-0.2, 0) is 17.5 Å². The molecular weight excluding hydrogens is 320 g/mol. The molecule has 0 aliphatic carbocycles. The molecule has 0 radical (unpaired) electrons. The molecule has 0 atom stereocenters. The highest BCUT2D eigenvalue weighted by Gasteiger charge is 2.36. The predicted molar refractivity (Wildman–Crippen MR) is 72.7 cm³/mol. The van der Waals surface area contributed by atoms with Crippen molar-refractivity contribution >= 4 is 16.7 Å². The third-order valence-corrected chi connectivity index (χ3v) is 3.23. The van der Waals surface area contributed by atoms with Crippen molar-refractivity contribution in [2.75, 3.05) is 0 Å². The summed E-state index contributed by atoms with van der Waals surface area (Å²) in [7, 11) is 0. The second kappa shape index (κ2) is 5.64. The van der Waals surface area contributed by atoms with Gasteiger partial charge in [-0.3, -0.25) is 9.59 Å². The van der Waals surface area contributed by atoms with Gasteiger partial charge < -0.3 is 5.11 Å². The van der Waals surface area contributed by atoms with E-state index in [1.54, 1.807) is 13.8 Å². The van der Waals surface area contributed by atoms with Gasteiger partial charge in [0.25, 0.3) is 5.56 Å². The Morgan fingerprint density at radius 3 is 2.43 bits per heavy atom. The van der Waals surface area contributed by atoms with Crippen LogP contribution >= 0.6 is 0 Å². The maximum Gasteiger partial charge on any atom is 0.419 e. The molecule has 0 aliphatic rings. The maximum atomic E-state index is 14.3. The lowest BCUT2D eigenvalue weighted by Crippen LogP contribution is -2.29. The zero-order valence-corrected chi connectivity index (χ0v) is 12.1. The van der Waals surface area contributed by atoms with Crippen LogP contribution in [0.2, 0.25) is 0 Å². The van der Waals surface area contributed by atoms with Crippen molar-refractivity contribution < 1.29 is 27.5 Å². The second-order valence-electron chi connectivity index (χ2n) is 5.24. The monoisotopic (exact) mass is 332 g/mol. The molecule has 5 nitrogen and oxygen atoms in total. The first-order valence-electron chi connectivity index (χ1n) is 6.56. The fourth-order valence-electron chi connectivity index (χ4n) is 2.23. The lowest BCUT2D eigenvalue weighted by atomic mass is 10.00. The number of halogens is 4. The van der Waals surface area contributed by atoms with E-state index < -0.39 is 46.9 Å². The van der Waals surface area contributed by atoms with Crippen molar-refractivity contribution in [3.63, 3.8) is 0 Å². The van der Waals surface area contributed by atoms with Crippen LogP contribution in [0.1, 0.15) is 31.0 Å². The molecule has 0 bridgehead atoms. The molecule has 0 spiro atoms. The van der Waals surface area contributed by atoms with Crippen molar-refractivity contribution in [3.8, 4) is 0 Å². The van der Waals surface area contributed by atoms with E-state index in [4.69, 9.17) is 5.11 Å². The Morgan fingerprint density at radius 2 is 1.96 bits per heavy atom. The highest BCUT2D eigenvalue weighted by molar-refractivity contribution is 5.85. The molecule has 9 heteroatoms. The van der Waals surface area contributed by atoms with Crippen molar-refractivity contribution in [3.05, 3.63) is 39.6 Å². The number of benzene rings is 1. The molecule has 0 amide bonds. The zero-order chi connectivity index (χ0) is 17.5. The van der Waals surface area contributed by atoms with Crippen molar-refractivity contribution in [2.45, 2.75) is 32.5 Å². The van der Waals surface area contributed by atoms with E-state index in [9.17, 15) is 27.2 Å². The molecular formula is C14H12F4N2O3. The first-order valence-corrected chi connectivity index (χ1v) is 6.56. The summed E-state index contributed by atoms with van der Waals surface area (Å²) in [5, 5.41) is 11.7. The molecule has 0 saturated heterocycles. The number of hydrogen-bond donors (Lipinski definition) is 1. The summed E-state index contributed by atoms with van der Waals surface area (Å²) in [5.41, 5.74) is -2.56. The normalized spacial score (nSPS) is 12.1. The van der Waals surface area contributed by atoms with Gasteiger partial charge in [0.2, 0.25) is 0 Å². The Hall–Kier alpha value is -2.45. The lowest BCUT2D eigenvalue weighted by Gasteiger charge is -2.15. The Kier molecular flexibility index (Phi) is 4.14. The van der Waals surface area contributed by atoms with Crippen LogP contribution in [0.4, 0.5) is 17.6 Å². The first-order chi connectivity index (χ1) is 10.5. The fraction of sp³-hybridized carbons (Fsp3) is 0.357. The van der Waals surface area contributed by atoms with Gasteiger partial charge in [-0.1, -0.05) is 13.8 Å². The van der Waals surface area contributed by atoms with Gasteiger partial charge >= 0.3 is 12.1 Å². The van der Waals surface area contributed by atoms with E-state index >= 15 is 0 Å². The maximum absolute atomic E-state index is 14.3. The third kappa shape index (κ3) is 3.03. The van der Waals surface area contributed by atoms with E-state index in [0.717, 1.165) is 6.07 Å². The molecule has 1 N–H and O–H groups in total. The van der Waals surface area contributed by atoms with Crippen LogP contribution in [0.25, 0.3) is 10.8 Å². The van der Waals surface area contributed by atoms with Crippen LogP contribution in [0, 0.1) is 5.82 Å². The third-order valence-electron chi connectivity index (χ3n) is 3.23. The van der Waals surface area contributed by atoms with E-state index in [1.165, 1.54) is 0 Å². The molecule has 1 aromatic carbocycles. The summed E-state index contributed by atoms with van der Waals surface area (Å²) in [6.45, 7) is 2.34. The van der Waals surface area contributed by atoms with Gasteiger partial charge in [0.15, 0.2) is 0 Å². The van der Waals surface area contributed by atoms with E-state index in [2.05, 4.69) is 5.10 Å². The zero-order valence-electron chi connectivity index (χ0n) is 12.1. The predicted octanol–water partition coefficient (Wildman–Crippen LogP) is 2.76. The van der Waals surface area contributed by atoms with Crippen LogP contribution in [0.3, 0.4) is 0 Å². The Morgan fingerprint density at radius 1 is 1.35 bits per heavy atom. The highest BCUT2D eigenvalue weighted by Crippen LogP contribution is 2.35. The number of carboxylic acid groups (broad SMARTS) is 1. The van der Waals surface area contributed by atoms with Gasteiger partial charge in [-0.05, 0) is 18.1 Å². The minimum absolute atomic E-state index is 0.107. The summed E-state index contributed by atoms with van der Waals surface area (Å²) < 4.78 is 53.5. The number of fused-ring (bicyclic) bond motifs is 1. The molecule has 2 aromatic rings. The average Bonchev–Trinajstić information content (AvgIpc) is 2.40. The summed E-state index contributed by atoms with van der Waals surface area (Å²) in [6, 6.07) is 1.31. The van der Waals surface area contributed by atoms with E-state index in [-0.39, 0.29) is 11.1 Å². The molecule has 1 aromatic heterocycles. The summed E-state index contributed by atoms with van der Waals surface area (Å²) in [4.78, 5) is 22.9. The Balaban J connectivity index is 2.93. The van der Waals surface area contributed by atoms with E-state index in [0.29, 0.717) is 10.7 Å². The Labute approximate surface area is 127 Å². The number of carboxylic acids is 1. The Bertz CT molecular complexity index is 841. The average molecular weight is 332 g/mol. The SMILES string of the molecule is CC(C)c1nn(CC(=O)O)c(=O)c2ccc(C(F)(F)F)c(F)c12. The number of aliphatic carboxylic acids is 1. The van der Waals surface area contributed by atoms with Crippen molar-refractivity contribution in [1.29, 1.82) is 0 Å². The second-order valence-corrected chi connectivity index (χ2v) is 5.24. The van der Waals surface area contributed by atoms with Crippen molar-refractivity contribution in [1.82, 2.24) is 9.78 Å². The van der Waals surface area contributed by atoms with Gasteiger partial charge in [0, 0.05) is 5.39 Å². The first kappa shape index (κ1) is 16.9. The van der Waals surface area contributed by atoms with Crippen LogP contribution < -0.4 is 5.56 Å². The standard InChI is InChI=1S/C14H12F4N2O3/c1-6(2)12-10-7(13(23)20(19-12)5-9(21)22)3-4-8(11(10)15)14(16,17)18/h3-4,6H,5H2,1-2H3,(H,21,22). The topological polar surface area (TPSA) is 72.2 Å². The van der Waals surface area contributed by atoms with Crippen LogP contribution in [-0.4, -0.2) is 20.9 Å². The van der Waals surface area contributed by atoms with Gasteiger partial charge in [0.05, 0.1) is 16.6 Å². The molecule has 23 heavy (non-hydrogen) atoms. The minimum Gasteiger partial charge on any atom is -0.480 e. The number of nitrogens with zero attached hydrogens (tertiary/aromatic N) is 2. The van der Waals surface area contributed by atoms with Crippen LogP contribution in [0.15, 0.2) is 16.9 Å². The number of rotatable bonds is 3. The molecule has 2 rings (SSSR count). The van der Waals surface area contributed by atoms with Crippen LogP contribution in [0.5, 0.6) is 0 Å². The lowest BCUT2D eigenvalue weighted by molar-refractivity contribution is -0.140. The number of carbonyl (C=O) groups is 1. The van der Waals surface area contributed by atoms with E-state index in [1.807, 2.05) is 0 Å². The largest absolute Gasteiger partial charge is 0.480 e. The van der Waals surface area contributed by atoms with Gasteiger partial charge in [0.1, 0.15) is 12.4 Å². The number of alkyl halides is 3. The molecule has 124 valence electrons. The van der Waals surface area contributed by atoms with Gasteiger partial charge in [-0.2, -0.15) is 18.3 Å². The highest BCUT2D eigenvalue weighted by atomic mass is 19.4. The molecule has 0 saturated carbocycles. The summed E-state index contributed by atoms with van der Waals surface area (Å²) in [5.74, 6) is -3.44. The summed E-state index contributed by atoms with van der Waals surface area (Å²) in [6.07, 6.45) is -4.91.